The number of morpholine rings is 1. The van der Waals surface area contributed by atoms with Crippen LogP contribution in [0.15, 0.2) is 55.1 Å². The Morgan fingerprint density at radius 2 is 1.80 bits per heavy atom. The Morgan fingerprint density at radius 3 is 2.55 bits per heavy atom. The quantitative estimate of drug-likeness (QED) is 0.342. The average molecular weight is 609 g/mol. The van der Waals surface area contributed by atoms with Crippen molar-refractivity contribution in [1.29, 1.82) is 5.26 Å². The summed E-state index contributed by atoms with van der Waals surface area (Å²) in [6.45, 7) is 1.42. The van der Waals surface area contributed by atoms with Crippen LogP contribution in [0.5, 0.6) is 0 Å². The Kier molecular flexibility index (Phi) is 7.55. The Labute approximate surface area is 248 Å². The first kappa shape index (κ1) is 28.9. The van der Waals surface area contributed by atoms with Crippen molar-refractivity contribution < 1.29 is 27.5 Å². The minimum atomic E-state index is -4.51. The van der Waals surface area contributed by atoms with E-state index in [2.05, 4.69) is 26.6 Å². The zero-order valence-electron chi connectivity index (χ0n) is 23.3. The number of carbonyl (C=O) groups is 2. The number of hydrogen-bond acceptors (Lipinski definition) is 7. The highest BCUT2D eigenvalue weighted by atomic mass is 19.4. The van der Waals surface area contributed by atoms with E-state index in [0.29, 0.717) is 62.0 Å². The lowest BCUT2D eigenvalue weighted by molar-refractivity contribution is -0.122. The molecule has 6 rings (SSSR count). The highest BCUT2D eigenvalue weighted by Gasteiger charge is 2.48. The predicted octanol–water partition coefficient (Wildman–Crippen LogP) is 3.32. The number of anilines is 1. The molecule has 44 heavy (non-hydrogen) atoms. The van der Waals surface area contributed by atoms with Gasteiger partial charge >= 0.3 is 18.2 Å². The summed E-state index contributed by atoms with van der Waals surface area (Å²) < 4.78 is 45.8. The number of aromatic nitrogens is 5. The summed E-state index contributed by atoms with van der Waals surface area (Å²) in [4.78, 5) is 32.9. The molecule has 4 amide bonds. The van der Waals surface area contributed by atoms with E-state index in [4.69, 9.17) is 4.74 Å². The van der Waals surface area contributed by atoms with Gasteiger partial charge in [-0.05, 0) is 18.2 Å². The van der Waals surface area contributed by atoms with Gasteiger partial charge in [0.05, 0.1) is 63.1 Å². The van der Waals surface area contributed by atoms with Gasteiger partial charge in [0.25, 0.3) is 0 Å². The lowest BCUT2D eigenvalue weighted by Crippen LogP contribution is -2.66. The van der Waals surface area contributed by atoms with Crippen LogP contribution in [-0.4, -0.2) is 98.4 Å². The fourth-order valence-corrected chi connectivity index (χ4v) is 5.26. The maximum atomic E-state index is 12.9. The lowest BCUT2D eigenvalue weighted by Gasteiger charge is -2.50. The van der Waals surface area contributed by atoms with Gasteiger partial charge in [-0.25, -0.2) is 19.1 Å². The second-order valence-electron chi connectivity index (χ2n) is 10.6. The predicted molar refractivity (Wildman–Crippen MR) is 150 cm³/mol. The highest BCUT2D eigenvalue weighted by Crippen LogP contribution is 2.34. The molecule has 2 aliphatic rings. The smallest absolute Gasteiger partial charge is 0.378 e. The Morgan fingerprint density at radius 1 is 1.02 bits per heavy atom. The van der Waals surface area contributed by atoms with E-state index in [1.54, 1.807) is 67.2 Å². The van der Waals surface area contributed by atoms with Gasteiger partial charge in [-0.1, -0.05) is 12.1 Å². The van der Waals surface area contributed by atoms with E-state index >= 15 is 0 Å². The molecule has 5 heterocycles. The van der Waals surface area contributed by atoms with E-state index in [0.717, 1.165) is 11.1 Å². The minimum absolute atomic E-state index is 0.0648. The summed E-state index contributed by atoms with van der Waals surface area (Å²) in [7, 11) is 0. The number of nitriles is 1. The molecule has 4 aromatic rings. The van der Waals surface area contributed by atoms with Crippen molar-refractivity contribution in [3.8, 4) is 28.5 Å². The molecule has 2 aliphatic heterocycles. The van der Waals surface area contributed by atoms with E-state index in [1.807, 2.05) is 12.3 Å². The number of benzene rings is 1. The molecule has 0 aliphatic carbocycles. The number of fused-ring (bicyclic) bond motifs is 1. The van der Waals surface area contributed by atoms with Crippen LogP contribution in [0.3, 0.4) is 0 Å². The van der Waals surface area contributed by atoms with Crippen molar-refractivity contribution in [2.24, 2.45) is 0 Å². The summed E-state index contributed by atoms with van der Waals surface area (Å²) in [5, 5.41) is 22.7. The number of ether oxygens (including phenoxy) is 1. The minimum Gasteiger partial charge on any atom is -0.378 e. The normalized spacial score (nSPS) is 16.3. The molecule has 0 atom stereocenters. The number of hydrogen-bond donors (Lipinski definition) is 2. The SMILES string of the molecule is N#CCC1(n2cc(-c3cnn4cc(-c5cccc(NC(=O)NCC(F)(F)F)c5)nc4c3)cn2)CN(C(=O)N2CCOCC2)C1. The van der Waals surface area contributed by atoms with Crippen LogP contribution in [0.25, 0.3) is 28.0 Å². The second-order valence-corrected chi connectivity index (χ2v) is 10.6. The monoisotopic (exact) mass is 608 g/mol. The molecule has 0 bridgehead atoms. The molecule has 0 radical (unpaired) electrons. The highest BCUT2D eigenvalue weighted by molar-refractivity contribution is 5.90. The molecule has 0 spiro atoms. The summed E-state index contributed by atoms with van der Waals surface area (Å²) in [6, 6.07) is 9.59. The fraction of sp³-hybridized carbons (Fsp3) is 0.357. The van der Waals surface area contributed by atoms with Crippen LogP contribution in [0, 0.1) is 11.3 Å². The molecule has 0 unspecified atom stereocenters. The van der Waals surface area contributed by atoms with Crippen molar-refractivity contribution >= 4 is 23.4 Å². The molecule has 2 saturated heterocycles. The zero-order chi connectivity index (χ0) is 30.9. The second kappa shape index (κ2) is 11.5. The summed E-state index contributed by atoms with van der Waals surface area (Å²) in [6.07, 6.45) is 2.56. The van der Waals surface area contributed by atoms with Crippen LogP contribution in [-0.2, 0) is 10.3 Å². The van der Waals surface area contributed by atoms with Gasteiger partial charge in [-0.15, -0.1) is 0 Å². The van der Waals surface area contributed by atoms with Crippen LogP contribution in [0.4, 0.5) is 28.4 Å². The summed E-state index contributed by atoms with van der Waals surface area (Å²) >= 11 is 0. The summed E-state index contributed by atoms with van der Waals surface area (Å²) in [5.74, 6) is 0. The number of imidazole rings is 1. The maximum Gasteiger partial charge on any atom is 0.405 e. The third-order valence-electron chi connectivity index (χ3n) is 7.52. The van der Waals surface area contributed by atoms with E-state index in [-0.39, 0.29) is 12.5 Å². The topological polar surface area (TPSA) is 146 Å². The third kappa shape index (κ3) is 5.99. The largest absolute Gasteiger partial charge is 0.405 e. The zero-order valence-corrected chi connectivity index (χ0v) is 23.3. The molecular weight excluding hydrogens is 581 g/mol. The van der Waals surface area contributed by atoms with E-state index < -0.39 is 24.3 Å². The van der Waals surface area contributed by atoms with Crippen molar-refractivity contribution in [2.45, 2.75) is 18.1 Å². The number of nitrogens with one attached hydrogen (secondary N) is 2. The van der Waals surface area contributed by atoms with Gasteiger partial charge in [-0.3, -0.25) is 4.68 Å². The van der Waals surface area contributed by atoms with Crippen molar-refractivity contribution in [3.05, 3.63) is 55.1 Å². The van der Waals surface area contributed by atoms with Gasteiger partial charge in [0.15, 0.2) is 5.65 Å². The first-order valence-electron chi connectivity index (χ1n) is 13.7. The number of halogens is 3. The van der Waals surface area contributed by atoms with Crippen LogP contribution >= 0.6 is 0 Å². The number of nitrogens with zero attached hydrogens (tertiary/aromatic N) is 8. The van der Waals surface area contributed by atoms with Crippen molar-refractivity contribution in [2.75, 3.05) is 51.3 Å². The Balaban J connectivity index is 1.16. The van der Waals surface area contributed by atoms with Crippen LogP contribution in [0.2, 0.25) is 0 Å². The Bertz CT molecular complexity index is 1730. The van der Waals surface area contributed by atoms with Crippen molar-refractivity contribution in [3.63, 3.8) is 0 Å². The number of amides is 4. The molecule has 13 nitrogen and oxygen atoms in total. The van der Waals surface area contributed by atoms with Gasteiger partial charge < -0.3 is 25.2 Å². The number of urea groups is 2. The van der Waals surface area contributed by atoms with Gasteiger partial charge in [0, 0.05) is 41.7 Å². The average Bonchev–Trinajstić information content (AvgIpc) is 3.65. The molecule has 2 fully saturated rings. The Hall–Kier alpha value is -5.17. The third-order valence-corrected chi connectivity index (χ3v) is 7.52. The van der Waals surface area contributed by atoms with Crippen molar-refractivity contribution in [1.82, 2.24) is 39.5 Å². The molecule has 3 aromatic heterocycles. The molecule has 228 valence electrons. The van der Waals surface area contributed by atoms with Crippen LogP contribution in [0.1, 0.15) is 6.42 Å². The van der Waals surface area contributed by atoms with E-state index in [9.17, 15) is 28.0 Å². The first-order valence-corrected chi connectivity index (χ1v) is 13.7. The number of likely N-dealkylation sites (tertiary alicyclic amines) is 1. The number of alkyl halides is 3. The van der Waals surface area contributed by atoms with Gasteiger partial charge in [-0.2, -0.15) is 28.6 Å². The lowest BCUT2D eigenvalue weighted by atomic mass is 9.87. The van der Waals surface area contributed by atoms with Gasteiger partial charge in [0.1, 0.15) is 12.1 Å². The molecular formula is C28H27F3N10O3. The fourth-order valence-electron chi connectivity index (χ4n) is 5.26. The molecule has 16 heteroatoms. The first-order chi connectivity index (χ1) is 21.1. The van der Waals surface area contributed by atoms with Crippen LogP contribution < -0.4 is 10.6 Å². The number of rotatable bonds is 6. The van der Waals surface area contributed by atoms with E-state index in [1.165, 1.54) is 0 Å². The molecule has 0 saturated carbocycles. The molecule has 1 aromatic carbocycles. The van der Waals surface area contributed by atoms with Gasteiger partial charge in [0.2, 0.25) is 0 Å². The maximum absolute atomic E-state index is 12.9. The molecule has 2 N–H and O–H groups in total. The standard InChI is InChI=1S/C28H27F3N10O3/c29-28(30,31)16-33-25(42)36-22-3-1-2-19(10-22)23-15-40-24(37-23)11-20(12-34-40)21-13-35-41(14-21)27(4-5-32)17-39(18-27)26(43)38-6-8-44-9-7-38/h1-3,10-15H,4,6-9,16-18H2,(H2,33,36,42). The number of carbonyl (C=O) groups excluding carboxylic acids is 2. The summed E-state index contributed by atoms with van der Waals surface area (Å²) in [5.41, 5.74) is 2.86.